The Bertz CT molecular complexity index is 725. The van der Waals surface area contributed by atoms with Crippen molar-refractivity contribution in [1.82, 2.24) is 9.62 Å². The fourth-order valence-corrected chi connectivity index (χ4v) is 3.76. The second kappa shape index (κ2) is 7.27. The van der Waals surface area contributed by atoms with Gasteiger partial charge in [0, 0.05) is 31.5 Å². The Hall–Kier alpha value is -1.71. The van der Waals surface area contributed by atoms with E-state index in [0.29, 0.717) is 32.0 Å². The average Bonchev–Trinajstić information content (AvgIpc) is 3.12. The van der Waals surface area contributed by atoms with Gasteiger partial charge in [0.2, 0.25) is 10.0 Å². The Labute approximate surface area is 146 Å². The quantitative estimate of drug-likeness (QED) is 0.773. The minimum absolute atomic E-state index is 0.0514. The number of halogens is 1. The third kappa shape index (κ3) is 4.68. The van der Waals surface area contributed by atoms with Crippen molar-refractivity contribution in [3.05, 3.63) is 30.1 Å². The Kier molecular flexibility index (Phi) is 5.26. The molecular formula is C16H21FN2O5S. The van der Waals surface area contributed by atoms with Crippen LogP contribution in [0.5, 0.6) is 5.75 Å². The number of nitrogens with one attached hydrogen (secondary N) is 1. The van der Waals surface area contributed by atoms with Crippen molar-refractivity contribution in [3.8, 4) is 5.75 Å². The summed E-state index contributed by atoms with van der Waals surface area (Å²) in [5.41, 5.74) is 0. The van der Waals surface area contributed by atoms with E-state index in [-0.39, 0.29) is 36.3 Å². The summed E-state index contributed by atoms with van der Waals surface area (Å²) >= 11 is 0. The molecule has 2 aliphatic rings. The number of carbonyl (C=O) groups is 1. The molecule has 0 spiro atoms. The molecule has 0 radical (unpaired) electrons. The van der Waals surface area contributed by atoms with Gasteiger partial charge in [0.05, 0.1) is 19.0 Å². The number of fused-ring (bicyclic) bond motifs is 1. The number of hydrogen-bond acceptors (Lipinski definition) is 5. The summed E-state index contributed by atoms with van der Waals surface area (Å²) in [5, 5.41) is 0. The highest BCUT2D eigenvalue weighted by atomic mass is 32.2. The molecule has 2 fully saturated rings. The van der Waals surface area contributed by atoms with Crippen LogP contribution in [0.1, 0.15) is 0 Å². The van der Waals surface area contributed by atoms with Gasteiger partial charge in [0.15, 0.2) is 6.61 Å². The van der Waals surface area contributed by atoms with E-state index < -0.39 is 10.0 Å². The van der Waals surface area contributed by atoms with Gasteiger partial charge in [0.1, 0.15) is 11.6 Å². The van der Waals surface area contributed by atoms with Crippen molar-refractivity contribution < 1.29 is 27.1 Å². The second-order valence-corrected chi connectivity index (χ2v) is 8.29. The first kappa shape index (κ1) is 18.1. The molecule has 0 aliphatic carbocycles. The highest BCUT2D eigenvalue weighted by Gasteiger charge is 2.45. The first-order valence-corrected chi connectivity index (χ1v) is 9.93. The normalized spacial score (nSPS) is 25.8. The summed E-state index contributed by atoms with van der Waals surface area (Å²) in [6.45, 7) is 1.68. The summed E-state index contributed by atoms with van der Waals surface area (Å²) < 4.78 is 48.9. The number of benzene rings is 1. The van der Waals surface area contributed by atoms with Crippen molar-refractivity contribution >= 4 is 15.9 Å². The zero-order valence-corrected chi connectivity index (χ0v) is 14.7. The molecule has 2 heterocycles. The van der Waals surface area contributed by atoms with Crippen LogP contribution in [0.2, 0.25) is 0 Å². The molecule has 0 unspecified atom stereocenters. The molecule has 0 aromatic heterocycles. The molecule has 25 heavy (non-hydrogen) atoms. The SMILES string of the molecule is CS(=O)(=O)NC[C@@H]1CO[C@H]2CN(C(=O)COc3ccc(F)cc3)C[C@@H]12. The number of rotatable bonds is 6. The van der Waals surface area contributed by atoms with Crippen LogP contribution >= 0.6 is 0 Å². The van der Waals surface area contributed by atoms with E-state index >= 15 is 0 Å². The number of likely N-dealkylation sites (tertiary alicyclic amines) is 1. The molecule has 2 saturated heterocycles. The van der Waals surface area contributed by atoms with Gasteiger partial charge in [-0.25, -0.2) is 17.5 Å². The van der Waals surface area contributed by atoms with Crippen molar-refractivity contribution in [2.75, 3.05) is 39.1 Å². The summed E-state index contributed by atoms with van der Waals surface area (Å²) in [4.78, 5) is 14.0. The monoisotopic (exact) mass is 372 g/mol. The molecule has 3 atom stereocenters. The molecule has 138 valence electrons. The molecule has 0 bridgehead atoms. The van der Waals surface area contributed by atoms with Crippen LogP contribution in [0, 0.1) is 17.7 Å². The van der Waals surface area contributed by atoms with E-state index in [1.54, 1.807) is 4.90 Å². The number of carbonyl (C=O) groups excluding carboxylic acids is 1. The maximum atomic E-state index is 12.8. The van der Waals surface area contributed by atoms with Gasteiger partial charge < -0.3 is 14.4 Å². The van der Waals surface area contributed by atoms with Crippen LogP contribution in [-0.4, -0.2) is 64.4 Å². The lowest BCUT2D eigenvalue weighted by atomic mass is 9.93. The molecule has 7 nitrogen and oxygen atoms in total. The first-order chi connectivity index (χ1) is 11.8. The lowest BCUT2D eigenvalue weighted by Crippen LogP contribution is -2.36. The van der Waals surface area contributed by atoms with Crippen molar-refractivity contribution in [3.63, 3.8) is 0 Å². The highest BCUT2D eigenvalue weighted by Crippen LogP contribution is 2.33. The first-order valence-electron chi connectivity index (χ1n) is 8.04. The fourth-order valence-electron chi connectivity index (χ4n) is 3.24. The van der Waals surface area contributed by atoms with Crippen molar-refractivity contribution in [1.29, 1.82) is 0 Å². The Morgan fingerprint density at radius 1 is 1.36 bits per heavy atom. The van der Waals surface area contributed by atoms with Gasteiger partial charge in [0.25, 0.3) is 5.91 Å². The summed E-state index contributed by atoms with van der Waals surface area (Å²) in [5.74, 6) is 0.0641. The van der Waals surface area contributed by atoms with E-state index in [2.05, 4.69) is 4.72 Å². The van der Waals surface area contributed by atoms with E-state index in [1.807, 2.05) is 0 Å². The summed E-state index contributed by atoms with van der Waals surface area (Å²) in [6, 6.07) is 5.48. The molecule has 3 rings (SSSR count). The third-order valence-electron chi connectivity index (χ3n) is 4.58. The van der Waals surface area contributed by atoms with Gasteiger partial charge in [-0.1, -0.05) is 0 Å². The summed E-state index contributed by atoms with van der Waals surface area (Å²) in [7, 11) is -3.25. The number of amides is 1. The maximum Gasteiger partial charge on any atom is 0.260 e. The van der Waals surface area contributed by atoms with Crippen molar-refractivity contribution in [2.45, 2.75) is 6.10 Å². The van der Waals surface area contributed by atoms with Gasteiger partial charge in [-0.15, -0.1) is 0 Å². The number of ether oxygens (including phenoxy) is 2. The average molecular weight is 372 g/mol. The van der Waals surface area contributed by atoms with Gasteiger partial charge in [-0.05, 0) is 24.3 Å². The van der Waals surface area contributed by atoms with Crippen LogP contribution in [0.3, 0.4) is 0 Å². The van der Waals surface area contributed by atoms with E-state index in [4.69, 9.17) is 9.47 Å². The highest BCUT2D eigenvalue weighted by molar-refractivity contribution is 7.88. The van der Waals surface area contributed by atoms with Crippen LogP contribution in [0.15, 0.2) is 24.3 Å². The lowest BCUT2D eigenvalue weighted by Gasteiger charge is -2.20. The predicted octanol–water partition coefficient (Wildman–Crippen LogP) is 0.227. The topological polar surface area (TPSA) is 84.9 Å². The van der Waals surface area contributed by atoms with Crippen LogP contribution in [0.4, 0.5) is 4.39 Å². The smallest absolute Gasteiger partial charge is 0.260 e. The Morgan fingerprint density at radius 2 is 2.08 bits per heavy atom. The zero-order chi connectivity index (χ0) is 18.0. The number of nitrogens with zero attached hydrogens (tertiary/aromatic N) is 1. The molecule has 1 amide bonds. The van der Waals surface area contributed by atoms with Gasteiger partial charge in [-0.2, -0.15) is 0 Å². The molecule has 2 aliphatic heterocycles. The third-order valence-corrected chi connectivity index (χ3v) is 5.27. The minimum atomic E-state index is -3.25. The van der Waals surface area contributed by atoms with Crippen LogP contribution < -0.4 is 9.46 Å². The lowest BCUT2D eigenvalue weighted by molar-refractivity contribution is -0.133. The fraction of sp³-hybridized carbons (Fsp3) is 0.562. The Morgan fingerprint density at radius 3 is 2.76 bits per heavy atom. The van der Waals surface area contributed by atoms with E-state index in [0.717, 1.165) is 6.26 Å². The number of hydrogen-bond donors (Lipinski definition) is 1. The Balaban J connectivity index is 1.50. The maximum absolute atomic E-state index is 12.8. The molecule has 9 heteroatoms. The largest absolute Gasteiger partial charge is 0.484 e. The van der Waals surface area contributed by atoms with Crippen molar-refractivity contribution in [2.24, 2.45) is 11.8 Å². The zero-order valence-electron chi connectivity index (χ0n) is 13.9. The van der Waals surface area contributed by atoms with Gasteiger partial charge >= 0.3 is 0 Å². The van der Waals surface area contributed by atoms with Crippen LogP contribution in [-0.2, 0) is 19.6 Å². The standard InChI is InChI=1S/C16H21FN2O5S/c1-25(21,22)18-6-11-9-24-15-8-19(7-14(11)15)16(20)10-23-13-4-2-12(17)3-5-13/h2-5,11,14-15,18H,6-10H2,1H3/t11-,14+,15+/m1/s1. The molecular weight excluding hydrogens is 351 g/mol. The molecule has 0 saturated carbocycles. The predicted molar refractivity (Wildman–Crippen MR) is 88.0 cm³/mol. The minimum Gasteiger partial charge on any atom is -0.484 e. The number of sulfonamides is 1. The van der Waals surface area contributed by atoms with Gasteiger partial charge in [-0.3, -0.25) is 4.79 Å². The van der Waals surface area contributed by atoms with E-state index in [9.17, 15) is 17.6 Å². The molecule has 1 N–H and O–H groups in total. The molecule has 1 aromatic carbocycles. The van der Waals surface area contributed by atoms with E-state index in [1.165, 1.54) is 24.3 Å². The van der Waals surface area contributed by atoms with Crippen LogP contribution in [0.25, 0.3) is 0 Å². The summed E-state index contributed by atoms with van der Waals surface area (Å²) in [6.07, 6.45) is 1.05. The second-order valence-electron chi connectivity index (χ2n) is 6.46. The molecule has 1 aromatic rings.